The van der Waals surface area contributed by atoms with Crippen LogP contribution in [0.1, 0.15) is 18.5 Å². The maximum atomic E-state index is 13.6. The highest BCUT2D eigenvalue weighted by atomic mass is 32.1. The first kappa shape index (κ1) is 11.3. The van der Waals surface area contributed by atoms with Crippen LogP contribution in [0.5, 0.6) is 0 Å². The molecule has 1 heterocycles. The summed E-state index contributed by atoms with van der Waals surface area (Å²) >= 11 is 1.24. The number of hydrogen-bond acceptors (Lipinski definition) is 3. The first-order valence-electron chi connectivity index (χ1n) is 5.47. The van der Waals surface area contributed by atoms with Gasteiger partial charge in [0.15, 0.2) is 0 Å². The zero-order chi connectivity index (χ0) is 12.8. The van der Waals surface area contributed by atoms with Crippen molar-refractivity contribution in [1.82, 2.24) is 4.98 Å². The Hall–Kier alpha value is -1.80. The lowest BCUT2D eigenvalue weighted by atomic mass is 10.1. The van der Waals surface area contributed by atoms with Crippen LogP contribution in [-0.2, 0) is 5.41 Å². The lowest BCUT2D eigenvalue weighted by Crippen LogP contribution is -2.02. The normalized spacial score (nSPS) is 16.3. The molecule has 1 saturated carbocycles. The second-order valence-corrected chi connectivity index (χ2v) is 5.21. The zero-order valence-corrected chi connectivity index (χ0v) is 10.1. The van der Waals surface area contributed by atoms with E-state index >= 15 is 0 Å². The predicted molar refractivity (Wildman–Crippen MR) is 64.0 cm³/mol. The van der Waals surface area contributed by atoms with Crippen LogP contribution in [0, 0.1) is 23.0 Å². The molecule has 0 spiro atoms. The number of thiazole rings is 1. The first-order chi connectivity index (χ1) is 8.64. The Morgan fingerprint density at radius 1 is 1.33 bits per heavy atom. The van der Waals surface area contributed by atoms with Crippen LogP contribution in [0.25, 0.3) is 10.6 Å². The van der Waals surface area contributed by atoms with E-state index in [2.05, 4.69) is 11.1 Å². The number of benzene rings is 1. The number of nitrogens with zero attached hydrogens (tertiary/aromatic N) is 2. The number of aromatic nitrogens is 1. The van der Waals surface area contributed by atoms with Crippen molar-refractivity contribution in [2.45, 2.75) is 18.3 Å². The average Bonchev–Trinajstić information content (AvgIpc) is 3.02. The molecule has 0 amide bonds. The Morgan fingerprint density at radius 3 is 2.78 bits per heavy atom. The van der Waals surface area contributed by atoms with Gasteiger partial charge < -0.3 is 0 Å². The fourth-order valence-electron chi connectivity index (χ4n) is 1.83. The molecule has 0 atom stereocenters. The van der Waals surface area contributed by atoms with Gasteiger partial charge in [-0.15, -0.1) is 11.3 Å². The van der Waals surface area contributed by atoms with Crippen LogP contribution >= 0.6 is 11.3 Å². The fraction of sp³-hybridized carbons (Fsp3) is 0.231. The summed E-state index contributed by atoms with van der Waals surface area (Å²) in [7, 11) is 0. The third-order valence-electron chi connectivity index (χ3n) is 3.12. The van der Waals surface area contributed by atoms with E-state index < -0.39 is 17.0 Å². The molecule has 0 saturated heterocycles. The van der Waals surface area contributed by atoms with Gasteiger partial charge in [0, 0.05) is 10.9 Å². The van der Waals surface area contributed by atoms with E-state index in [1.165, 1.54) is 11.3 Å². The molecule has 1 aliphatic rings. The Labute approximate surface area is 107 Å². The van der Waals surface area contributed by atoms with Crippen molar-refractivity contribution in [3.8, 4) is 16.6 Å². The third-order valence-corrected chi connectivity index (χ3v) is 3.99. The van der Waals surface area contributed by atoms with Crippen LogP contribution < -0.4 is 0 Å². The zero-order valence-electron chi connectivity index (χ0n) is 9.28. The molecule has 0 radical (unpaired) electrons. The van der Waals surface area contributed by atoms with E-state index in [9.17, 15) is 8.78 Å². The van der Waals surface area contributed by atoms with Crippen molar-refractivity contribution >= 4 is 11.3 Å². The van der Waals surface area contributed by atoms with E-state index in [1.54, 1.807) is 5.38 Å². The van der Waals surface area contributed by atoms with E-state index in [0.29, 0.717) is 10.7 Å². The summed E-state index contributed by atoms with van der Waals surface area (Å²) in [5.41, 5.74) is 0.340. The van der Waals surface area contributed by atoms with Crippen molar-refractivity contribution < 1.29 is 8.78 Å². The molecule has 90 valence electrons. The van der Waals surface area contributed by atoms with Crippen molar-refractivity contribution in [2.24, 2.45) is 0 Å². The largest absolute Gasteiger partial charge is 0.239 e. The van der Waals surface area contributed by atoms with Gasteiger partial charge in [-0.25, -0.2) is 13.8 Å². The van der Waals surface area contributed by atoms with Gasteiger partial charge in [0.25, 0.3) is 0 Å². The van der Waals surface area contributed by atoms with Crippen LogP contribution in [0.3, 0.4) is 0 Å². The van der Waals surface area contributed by atoms with Gasteiger partial charge in [0.2, 0.25) is 0 Å². The molecule has 2 nitrogen and oxygen atoms in total. The van der Waals surface area contributed by atoms with Crippen LogP contribution in [0.15, 0.2) is 23.6 Å². The molecule has 1 aliphatic carbocycles. The van der Waals surface area contributed by atoms with E-state index in [0.717, 1.165) is 31.0 Å². The van der Waals surface area contributed by atoms with Crippen LogP contribution in [0.2, 0.25) is 0 Å². The van der Waals surface area contributed by atoms with Gasteiger partial charge in [-0.05, 0) is 31.0 Å². The third kappa shape index (κ3) is 1.70. The SMILES string of the molecule is N#CC1(c2csc(-c3cc(F)ccc3F)n2)CC1. The van der Waals surface area contributed by atoms with Gasteiger partial charge in [-0.3, -0.25) is 0 Å². The molecule has 18 heavy (non-hydrogen) atoms. The standard InChI is InChI=1S/C13H8F2N2S/c14-8-1-2-10(15)9(5-8)12-17-11(6-18-12)13(7-16)3-4-13/h1-2,5-6H,3-4H2. The molecular weight excluding hydrogens is 254 g/mol. The minimum absolute atomic E-state index is 0.153. The van der Waals surface area contributed by atoms with Gasteiger partial charge in [-0.2, -0.15) is 5.26 Å². The summed E-state index contributed by atoms with van der Waals surface area (Å²) in [5, 5.41) is 11.2. The molecule has 0 aliphatic heterocycles. The van der Waals surface area contributed by atoms with E-state index in [1.807, 2.05) is 0 Å². The Bertz CT molecular complexity index is 653. The van der Waals surface area contributed by atoms with Crippen molar-refractivity contribution in [3.05, 3.63) is 40.9 Å². The summed E-state index contributed by atoms with van der Waals surface area (Å²) in [4.78, 5) is 4.28. The first-order valence-corrected chi connectivity index (χ1v) is 6.35. The summed E-state index contributed by atoms with van der Waals surface area (Å²) in [6.45, 7) is 0. The van der Waals surface area contributed by atoms with Crippen molar-refractivity contribution in [3.63, 3.8) is 0 Å². The second kappa shape index (κ2) is 3.85. The quantitative estimate of drug-likeness (QED) is 0.828. The van der Waals surface area contributed by atoms with Crippen LogP contribution in [0.4, 0.5) is 8.78 Å². The molecule has 1 aromatic heterocycles. The molecule has 0 N–H and O–H groups in total. The Kier molecular flexibility index (Phi) is 2.42. The summed E-state index contributed by atoms with van der Waals surface area (Å²) in [5.74, 6) is -0.997. The molecule has 1 fully saturated rings. The van der Waals surface area contributed by atoms with Crippen LogP contribution in [-0.4, -0.2) is 4.98 Å². The summed E-state index contributed by atoms with van der Waals surface area (Å²) < 4.78 is 26.7. The smallest absolute Gasteiger partial charge is 0.133 e. The predicted octanol–water partition coefficient (Wildman–Crippen LogP) is 3.64. The van der Waals surface area contributed by atoms with E-state index in [4.69, 9.17) is 5.26 Å². The maximum absolute atomic E-state index is 13.6. The maximum Gasteiger partial charge on any atom is 0.133 e. The second-order valence-electron chi connectivity index (χ2n) is 4.36. The summed E-state index contributed by atoms with van der Waals surface area (Å²) in [6, 6.07) is 5.53. The summed E-state index contributed by atoms with van der Waals surface area (Å²) in [6.07, 6.45) is 1.58. The van der Waals surface area contributed by atoms with Crippen molar-refractivity contribution in [2.75, 3.05) is 0 Å². The minimum Gasteiger partial charge on any atom is -0.239 e. The molecule has 0 unspecified atom stereocenters. The highest BCUT2D eigenvalue weighted by molar-refractivity contribution is 7.13. The van der Waals surface area contributed by atoms with Crippen molar-refractivity contribution in [1.29, 1.82) is 5.26 Å². The number of rotatable bonds is 2. The number of hydrogen-bond donors (Lipinski definition) is 0. The Balaban J connectivity index is 2.04. The molecule has 0 bridgehead atoms. The molecule has 3 rings (SSSR count). The lowest BCUT2D eigenvalue weighted by molar-refractivity contribution is 0.603. The van der Waals surface area contributed by atoms with Gasteiger partial charge in [0.1, 0.15) is 22.1 Å². The highest BCUT2D eigenvalue weighted by Gasteiger charge is 2.47. The number of halogens is 2. The average molecular weight is 262 g/mol. The molecule has 5 heteroatoms. The van der Waals surface area contributed by atoms with Gasteiger partial charge in [-0.1, -0.05) is 0 Å². The Morgan fingerprint density at radius 2 is 2.11 bits per heavy atom. The highest BCUT2D eigenvalue weighted by Crippen LogP contribution is 2.48. The molecule has 1 aromatic carbocycles. The number of nitriles is 1. The fourth-order valence-corrected chi connectivity index (χ4v) is 2.76. The molecular formula is C13H8F2N2S. The topological polar surface area (TPSA) is 36.7 Å². The minimum atomic E-state index is -0.501. The van der Waals surface area contributed by atoms with Gasteiger partial charge >= 0.3 is 0 Å². The van der Waals surface area contributed by atoms with E-state index in [-0.39, 0.29) is 5.56 Å². The van der Waals surface area contributed by atoms with Gasteiger partial charge in [0.05, 0.1) is 11.8 Å². The lowest BCUT2D eigenvalue weighted by Gasteiger charge is -2.00. The monoisotopic (exact) mass is 262 g/mol. The molecule has 2 aromatic rings.